The van der Waals surface area contributed by atoms with E-state index in [4.69, 9.17) is 23.2 Å². The third-order valence-electron chi connectivity index (χ3n) is 4.57. The van der Waals surface area contributed by atoms with Gasteiger partial charge in [-0.15, -0.1) is 0 Å². The molecular weight excluding hydrogens is 383 g/mol. The molecule has 0 fully saturated rings. The van der Waals surface area contributed by atoms with E-state index < -0.39 is 0 Å². The lowest BCUT2D eigenvalue weighted by Crippen LogP contribution is -2.35. The van der Waals surface area contributed by atoms with E-state index in [1.165, 1.54) is 11.3 Å². The highest BCUT2D eigenvalue weighted by molar-refractivity contribution is 6.44. The summed E-state index contributed by atoms with van der Waals surface area (Å²) in [6.07, 6.45) is 2.22. The average Bonchev–Trinajstić information content (AvgIpc) is 2.63. The Morgan fingerprint density at radius 2 is 2.00 bits per heavy atom. The molecule has 7 heteroatoms. The highest BCUT2D eigenvalue weighted by Gasteiger charge is 2.18. The fourth-order valence-corrected chi connectivity index (χ4v) is 3.51. The van der Waals surface area contributed by atoms with Gasteiger partial charge in [-0.3, -0.25) is 0 Å². The minimum absolute atomic E-state index is 0.328. The fourth-order valence-electron chi connectivity index (χ4n) is 3.17. The standard InChI is InChI=1S/C20H24Cl2N4O/c1-25(2)11-12-26-10-4-5-14-8-9-15(13-18(14)26)23-20(27)24-17-7-3-6-16(21)19(17)22/h3,6-9,13H,4-5,10-12H2,1-2H3,(H2,23,24,27). The Morgan fingerprint density at radius 3 is 2.78 bits per heavy atom. The first-order valence-electron chi connectivity index (χ1n) is 8.98. The maximum atomic E-state index is 12.4. The highest BCUT2D eigenvalue weighted by Crippen LogP contribution is 2.31. The number of rotatable bonds is 5. The van der Waals surface area contributed by atoms with Crippen LogP contribution in [0.1, 0.15) is 12.0 Å². The van der Waals surface area contributed by atoms with Crippen molar-refractivity contribution < 1.29 is 4.79 Å². The summed E-state index contributed by atoms with van der Waals surface area (Å²) in [5.74, 6) is 0. The van der Waals surface area contributed by atoms with E-state index >= 15 is 0 Å². The maximum Gasteiger partial charge on any atom is 0.323 e. The number of nitrogens with one attached hydrogen (secondary N) is 2. The van der Waals surface area contributed by atoms with Gasteiger partial charge in [0.2, 0.25) is 0 Å². The summed E-state index contributed by atoms with van der Waals surface area (Å²) in [7, 11) is 4.16. The van der Waals surface area contributed by atoms with Gasteiger partial charge in [-0.05, 0) is 56.8 Å². The Morgan fingerprint density at radius 1 is 1.19 bits per heavy atom. The first-order valence-corrected chi connectivity index (χ1v) is 9.74. The molecule has 0 saturated carbocycles. The number of urea groups is 1. The van der Waals surface area contributed by atoms with E-state index in [2.05, 4.69) is 40.6 Å². The molecule has 2 aromatic carbocycles. The molecule has 0 bridgehead atoms. The third-order valence-corrected chi connectivity index (χ3v) is 5.39. The average molecular weight is 407 g/mol. The molecule has 1 aliphatic rings. The third kappa shape index (κ3) is 5.06. The van der Waals surface area contributed by atoms with E-state index in [9.17, 15) is 4.79 Å². The lowest BCUT2D eigenvalue weighted by Gasteiger charge is -2.32. The van der Waals surface area contributed by atoms with Crippen molar-refractivity contribution >= 4 is 46.3 Å². The van der Waals surface area contributed by atoms with E-state index in [1.54, 1.807) is 18.2 Å². The lowest BCUT2D eigenvalue weighted by molar-refractivity contribution is 0.262. The quantitative estimate of drug-likeness (QED) is 0.737. The van der Waals surface area contributed by atoms with Crippen LogP contribution in [0.4, 0.5) is 21.9 Å². The second-order valence-electron chi connectivity index (χ2n) is 6.92. The Labute approximate surface area is 170 Å². The number of fused-ring (bicyclic) bond motifs is 1. The number of hydrogen-bond donors (Lipinski definition) is 2. The zero-order valence-corrected chi connectivity index (χ0v) is 17.1. The van der Waals surface area contributed by atoms with E-state index in [1.807, 2.05) is 12.1 Å². The van der Waals surface area contributed by atoms with Gasteiger partial charge in [-0.1, -0.05) is 35.3 Å². The monoisotopic (exact) mass is 406 g/mol. The topological polar surface area (TPSA) is 47.6 Å². The van der Waals surface area contributed by atoms with Crippen LogP contribution in [0.5, 0.6) is 0 Å². The van der Waals surface area contributed by atoms with Gasteiger partial charge in [0.05, 0.1) is 15.7 Å². The van der Waals surface area contributed by atoms with E-state index in [0.717, 1.165) is 38.2 Å². The van der Waals surface area contributed by atoms with Crippen molar-refractivity contribution in [1.29, 1.82) is 0 Å². The van der Waals surface area contributed by atoms with E-state index in [0.29, 0.717) is 15.7 Å². The summed E-state index contributed by atoms with van der Waals surface area (Å²) in [4.78, 5) is 16.9. The molecule has 27 heavy (non-hydrogen) atoms. The van der Waals surface area contributed by atoms with Crippen LogP contribution in [0, 0.1) is 0 Å². The first-order chi connectivity index (χ1) is 12.9. The number of nitrogens with zero attached hydrogens (tertiary/aromatic N) is 2. The first kappa shape index (κ1) is 19.8. The molecule has 3 rings (SSSR count). The van der Waals surface area contributed by atoms with Gasteiger partial charge in [0.25, 0.3) is 0 Å². The number of hydrogen-bond acceptors (Lipinski definition) is 3. The van der Waals surface area contributed by atoms with Gasteiger partial charge in [0.1, 0.15) is 0 Å². The zero-order valence-electron chi connectivity index (χ0n) is 15.6. The van der Waals surface area contributed by atoms with Gasteiger partial charge >= 0.3 is 6.03 Å². The smallest absolute Gasteiger partial charge is 0.323 e. The van der Waals surface area contributed by atoms with Crippen molar-refractivity contribution in [2.75, 3.05) is 49.3 Å². The summed E-state index contributed by atoms with van der Waals surface area (Å²) in [5.41, 5.74) is 3.75. The van der Waals surface area contributed by atoms with Crippen molar-refractivity contribution in [3.8, 4) is 0 Å². The summed E-state index contributed by atoms with van der Waals surface area (Å²) >= 11 is 12.1. The molecule has 0 saturated heterocycles. The molecule has 0 spiro atoms. The van der Waals surface area contributed by atoms with Crippen LogP contribution in [0.2, 0.25) is 10.0 Å². The second kappa shape index (κ2) is 8.83. The molecule has 0 radical (unpaired) electrons. The lowest BCUT2D eigenvalue weighted by atomic mass is 10.0. The summed E-state index contributed by atoms with van der Waals surface area (Å²) < 4.78 is 0. The molecule has 144 valence electrons. The second-order valence-corrected chi connectivity index (χ2v) is 7.70. The number of aryl methyl sites for hydroxylation is 1. The number of benzene rings is 2. The summed E-state index contributed by atoms with van der Waals surface area (Å²) in [6.45, 7) is 2.99. The molecule has 2 amide bonds. The van der Waals surface area contributed by atoms with Gasteiger partial charge in [0.15, 0.2) is 0 Å². The molecule has 0 aromatic heterocycles. The molecule has 2 aromatic rings. The Hall–Kier alpha value is -1.95. The Bertz CT molecular complexity index is 826. The van der Waals surface area contributed by atoms with Crippen molar-refractivity contribution in [3.05, 3.63) is 52.0 Å². The minimum Gasteiger partial charge on any atom is -0.370 e. The van der Waals surface area contributed by atoms with Crippen LogP contribution in [-0.2, 0) is 6.42 Å². The maximum absolute atomic E-state index is 12.4. The van der Waals surface area contributed by atoms with E-state index in [-0.39, 0.29) is 6.03 Å². The molecular formula is C20H24Cl2N4O. The number of carbonyl (C=O) groups excluding carboxylic acids is 1. The van der Waals surface area contributed by atoms with Crippen LogP contribution in [-0.4, -0.2) is 44.7 Å². The van der Waals surface area contributed by atoms with Crippen molar-refractivity contribution in [2.24, 2.45) is 0 Å². The number of carbonyl (C=O) groups is 1. The molecule has 2 N–H and O–H groups in total. The van der Waals surface area contributed by atoms with Crippen molar-refractivity contribution in [2.45, 2.75) is 12.8 Å². The number of halogens is 2. The van der Waals surface area contributed by atoms with Crippen LogP contribution in [0.25, 0.3) is 0 Å². The van der Waals surface area contributed by atoms with Gasteiger partial charge < -0.3 is 20.4 Å². The highest BCUT2D eigenvalue weighted by atomic mass is 35.5. The van der Waals surface area contributed by atoms with Gasteiger partial charge in [-0.2, -0.15) is 0 Å². The number of anilines is 3. The number of amides is 2. The normalized spacial score (nSPS) is 13.4. The van der Waals surface area contributed by atoms with Crippen molar-refractivity contribution in [3.63, 3.8) is 0 Å². The molecule has 0 unspecified atom stereocenters. The zero-order chi connectivity index (χ0) is 19.4. The van der Waals surface area contributed by atoms with Crippen LogP contribution < -0.4 is 15.5 Å². The molecule has 0 atom stereocenters. The van der Waals surface area contributed by atoms with Gasteiger partial charge in [-0.25, -0.2) is 4.79 Å². The SMILES string of the molecule is CN(C)CCN1CCCc2ccc(NC(=O)Nc3cccc(Cl)c3Cl)cc21. The predicted molar refractivity (Wildman–Crippen MR) is 115 cm³/mol. The Balaban J connectivity index is 1.71. The minimum atomic E-state index is -0.352. The fraction of sp³-hybridized carbons (Fsp3) is 0.350. The number of likely N-dealkylation sites (N-methyl/N-ethyl adjacent to an activating group) is 1. The van der Waals surface area contributed by atoms with Crippen LogP contribution in [0.3, 0.4) is 0 Å². The molecule has 1 aliphatic heterocycles. The molecule has 5 nitrogen and oxygen atoms in total. The largest absolute Gasteiger partial charge is 0.370 e. The van der Waals surface area contributed by atoms with Crippen molar-refractivity contribution in [1.82, 2.24) is 4.90 Å². The van der Waals surface area contributed by atoms with Crippen LogP contribution in [0.15, 0.2) is 36.4 Å². The van der Waals surface area contributed by atoms with Crippen LogP contribution >= 0.6 is 23.2 Å². The summed E-state index contributed by atoms with van der Waals surface area (Å²) in [6, 6.07) is 10.9. The molecule has 1 heterocycles. The summed E-state index contributed by atoms with van der Waals surface area (Å²) in [5, 5.41) is 6.36. The predicted octanol–water partition coefficient (Wildman–Crippen LogP) is 4.95. The Kier molecular flexibility index (Phi) is 6.47. The molecule has 0 aliphatic carbocycles. The van der Waals surface area contributed by atoms with Gasteiger partial charge in [0, 0.05) is 31.0 Å².